The highest BCUT2D eigenvalue weighted by atomic mass is 16.3. The maximum atomic E-state index is 12.6. The van der Waals surface area contributed by atoms with Crippen molar-refractivity contribution in [2.75, 3.05) is 6.61 Å². The second-order valence-corrected chi connectivity index (χ2v) is 6.26. The molecule has 0 bridgehead atoms. The molecule has 2 N–H and O–H groups in total. The summed E-state index contributed by atoms with van der Waals surface area (Å²) < 4.78 is 1.49. The number of amides is 1. The average molecular weight is 339 g/mol. The molecule has 25 heavy (non-hydrogen) atoms. The van der Waals surface area contributed by atoms with Gasteiger partial charge in [-0.15, -0.1) is 5.10 Å². The minimum Gasteiger partial charge on any atom is -0.396 e. The second-order valence-electron chi connectivity index (χ2n) is 6.26. The zero-order valence-electron chi connectivity index (χ0n) is 14.3. The summed E-state index contributed by atoms with van der Waals surface area (Å²) in [6, 6.07) is 11.2. The van der Waals surface area contributed by atoms with Crippen molar-refractivity contribution >= 4 is 11.6 Å². The molecule has 0 spiro atoms. The maximum Gasteiger partial charge on any atom is 0.251 e. The smallest absolute Gasteiger partial charge is 0.251 e. The summed E-state index contributed by atoms with van der Waals surface area (Å²) in [4.78, 5) is 12.6. The molecule has 130 valence electrons. The van der Waals surface area contributed by atoms with Gasteiger partial charge in [-0.2, -0.15) is 0 Å². The number of benzene rings is 1. The van der Waals surface area contributed by atoms with Crippen LogP contribution >= 0.6 is 0 Å². The van der Waals surface area contributed by atoms with Crippen LogP contribution in [-0.2, 0) is 0 Å². The summed E-state index contributed by atoms with van der Waals surface area (Å²) in [7, 11) is 0. The topological polar surface area (TPSA) is 92.4 Å². The number of hydrogen-bond donors (Lipinski definition) is 2. The molecule has 1 atom stereocenters. The van der Waals surface area contributed by atoms with E-state index in [1.165, 1.54) is 10.1 Å². The molecule has 3 aromatic rings. The summed E-state index contributed by atoms with van der Waals surface area (Å²) in [5.41, 5.74) is 3.19. The largest absolute Gasteiger partial charge is 0.396 e. The molecule has 0 saturated carbocycles. The number of carbonyl (C=O) groups excluding carboxylic acids is 1. The lowest BCUT2D eigenvalue weighted by Crippen LogP contribution is -2.29. The van der Waals surface area contributed by atoms with E-state index in [2.05, 4.69) is 46.8 Å². The van der Waals surface area contributed by atoms with E-state index in [0.717, 1.165) is 5.56 Å². The Bertz CT molecular complexity index is 857. The van der Waals surface area contributed by atoms with Crippen molar-refractivity contribution < 1.29 is 9.90 Å². The van der Waals surface area contributed by atoms with E-state index in [9.17, 15) is 9.90 Å². The Morgan fingerprint density at radius 2 is 1.92 bits per heavy atom. The summed E-state index contributed by atoms with van der Waals surface area (Å²) in [6.45, 7) is 4.26. The van der Waals surface area contributed by atoms with Gasteiger partial charge in [-0.25, -0.2) is 4.52 Å². The lowest BCUT2D eigenvalue weighted by atomic mass is 9.97. The third kappa shape index (κ3) is 3.83. The van der Waals surface area contributed by atoms with Crippen LogP contribution in [0.2, 0.25) is 0 Å². The molecule has 0 radical (unpaired) electrons. The average Bonchev–Trinajstić information content (AvgIpc) is 3.09. The highest BCUT2D eigenvalue weighted by molar-refractivity contribution is 5.95. The summed E-state index contributed by atoms with van der Waals surface area (Å²) >= 11 is 0. The van der Waals surface area contributed by atoms with E-state index in [4.69, 9.17) is 0 Å². The molecule has 7 nitrogen and oxygen atoms in total. The van der Waals surface area contributed by atoms with Crippen LogP contribution in [0, 0.1) is 0 Å². The number of hydrogen-bond acceptors (Lipinski definition) is 5. The summed E-state index contributed by atoms with van der Waals surface area (Å²) in [5.74, 6) is 0.223. The molecule has 0 saturated heterocycles. The van der Waals surface area contributed by atoms with Gasteiger partial charge in [0.1, 0.15) is 0 Å². The number of fused-ring (bicyclic) bond motifs is 1. The van der Waals surface area contributed by atoms with Crippen LogP contribution < -0.4 is 5.32 Å². The quantitative estimate of drug-likeness (QED) is 0.717. The first-order valence-corrected chi connectivity index (χ1v) is 8.28. The zero-order valence-corrected chi connectivity index (χ0v) is 14.3. The third-order valence-corrected chi connectivity index (χ3v) is 4.19. The Kier molecular flexibility index (Phi) is 5.04. The van der Waals surface area contributed by atoms with Crippen molar-refractivity contribution in [3.8, 4) is 0 Å². The lowest BCUT2D eigenvalue weighted by Gasteiger charge is -2.19. The molecule has 2 heterocycles. The van der Waals surface area contributed by atoms with E-state index in [1.807, 2.05) is 12.1 Å². The van der Waals surface area contributed by atoms with Gasteiger partial charge in [-0.1, -0.05) is 38.1 Å². The standard InChI is InChI=1S/C18H21N5O2/c1-12(2)13-3-5-14(6-4-13)16(8-10-24)19-18(25)15-7-9-23-17(11-15)20-21-22-23/h3-7,9,11-12,16,24H,8,10H2,1-2H3,(H,19,25)/t16-/m0/s1. The van der Waals surface area contributed by atoms with Gasteiger partial charge < -0.3 is 10.4 Å². The van der Waals surface area contributed by atoms with Gasteiger partial charge in [0.15, 0.2) is 5.65 Å². The summed E-state index contributed by atoms with van der Waals surface area (Å²) in [5, 5.41) is 23.5. The predicted molar refractivity (Wildman–Crippen MR) is 93.2 cm³/mol. The maximum absolute atomic E-state index is 12.6. The highest BCUT2D eigenvalue weighted by Crippen LogP contribution is 2.21. The van der Waals surface area contributed by atoms with Crippen molar-refractivity contribution in [2.24, 2.45) is 0 Å². The van der Waals surface area contributed by atoms with Crippen LogP contribution in [0.1, 0.15) is 53.7 Å². The molecule has 2 aromatic heterocycles. The first-order chi connectivity index (χ1) is 12.1. The van der Waals surface area contributed by atoms with Gasteiger partial charge in [0.2, 0.25) is 0 Å². The molecule has 3 rings (SSSR count). The molecular formula is C18H21N5O2. The number of nitrogens with one attached hydrogen (secondary N) is 1. The Morgan fingerprint density at radius 3 is 2.60 bits per heavy atom. The van der Waals surface area contributed by atoms with Gasteiger partial charge in [-0.3, -0.25) is 4.79 Å². The van der Waals surface area contributed by atoms with Crippen molar-refractivity contribution in [1.29, 1.82) is 0 Å². The number of tetrazole rings is 1. The number of carbonyl (C=O) groups is 1. The molecule has 1 aromatic carbocycles. The molecule has 1 amide bonds. The van der Waals surface area contributed by atoms with Crippen LogP contribution in [0.4, 0.5) is 0 Å². The van der Waals surface area contributed by atoms with Crippen molar-refractivity contribution in [1.82, 2.24) is 25.4 Å². The number of rotatable bonds is 6. The molecule has 0 aliphatic carbocycles. The molecule has 0 unspecified atom stereocenters. The van der Waals surface area contributed by atoms with E-state index < -0.39 is 0 Å². The molecular weight excluding hydrogens is 318 g/mol. The zero-order chi connectivity index (χ0) is 17.8. The molecule has 0 fully saturated rings. The van der Waals surface area contributed by atoms with Gasteiger partial charge in [-0.05, 0) is 46.0 Å². The minimum absolute atomic E-state index is 0.00991. The predicted octanol–water partition coefficient (Wildman–Crippen LogP) is 2.10. The minimum atomic E-state index is -0.258. The monoisotopic (exact) mass is 339 g/mol. The van der Waals surface area contributed by atoms with E-state index >= 15 is 0 Å². The number of pyridine rings is 1. The highest BCUT2D eigenvalue weighted by Gasteiger charge is 2.16. The fraction of sp³-hybridized carbons (Fsp3) is 0.333. The molecule has 7 heteroatoms. The number of aromatic nitrogens is 4. The van der Waals surface area contributed by atoms with Gasteiger partial charge >= 0.3 is 0 Å². The van der Waals surface area contributed by atoms with Crippen LogP contribution in [-0.4, -0.2) is 37.7 Å². The number of aliphatic hydroxyl groups is 1. The second kappa shape index (κ2) is 7.40. The SMILES string of the molecule is CC(C)c1ccc([C@H](CCO)NC(=O)c2ccn3nnnc3c2)cc1. The van der Waals surface area contributed by atoms with Crippen molar-refractivity contribution in [3.63, 3.8) is 0 Å². The molecule has 0 aliphatic heterocycles. The first kappa shape index (κ1) is 17.0. The Labute approximate surface area is 145 Å². The van der Waals surface area contributed by atoms with Crippen LogP contribution in [0.5, 0.6) is 0 Å². The van der Waals surface area contributed by atoms with Crippen LogP contribution in [0.3, 0.4) is 0 Å². The van der Waals surface area contributed by atoms with Gasteiger partial charge in [0, 0.05) is 18.4 Å². The third-order valence-electron chi connectivity index (χ3n) is 4.19. The Hall–Kier alpha value is -2.80. The Balaban J connectivity index is 1.79. The Morgan fingerprint density at radius 1 is 1.20 bits per heavy atom. The first-order valence-electron chi connectivity index (χ1n) is 8.28. The fourth-order valence-electron chi connectivity index (χ4n) is 2.69. The van der Waals surface area contributed by atoms with E-state index in [0.29, 0.717) is 23.5 Å². The van der Waals surface area contributed by atoms with Crippen LogP contribution in [0.25, 0.3) is 5.65 Å². The van der Waals surface area contributed by atoms with Crippen molar-refractivity contribution in [3.05, 3.63) is 59.3 Å². The van der Waals surface area contributed by atoms with Crippen LogP contribution in [0.15, 0.2) is 42.6 Å². The lowest BCUT2D eigenvalue weighted by molar-refractivity contribution is 0.0930. The normalized spacial score (nSPS) is 12.5. The fourth-order valence-corrected chi connectivity index (χ4v) is 2.69. The molecule has 0 aliphatic rings. The van der Waals surface area contributed by atoms with E-state index in [1.54, 1.807) is 18.3 Å². The van der Waals surface area contributed by atoms with Crippen molar-refractivity contribution in [2.45, 2.75) is 32.2 Å². The van der Waals surface area contributed by atoms with Gasteiger partial charge in [0.05, 0.1) is 6.04 Å². The van der Waals surface area contributed by atoms with Gasteiger partial charge in [0.25, 0.3) is 5.91 Å². The van der Waals surface area contributed by atoms with E-state index in [-0.39, 0.29) is 18.6 Å². The number of aliphatic hydroxyl groups excluding tert-OH is 1. The number of nitrogens with zero attached hydrogens (tertiary/aromatic N) is 4. The summed E-state index contributed by atoms with van der Waals surface area (Å²) in [6.07, 6.45) is 2.09.